The maximum Gasteiger partial charge on any atom is 0.416 e. The van der Waals surface area contributed by atoms with E-state index < -0.39 is 11.7 Å². The molecule has 3 nitrogen and oxygen atoms in total. The number of benzene rings is 1. The van der Waals surface area contributed by atoms with Gasteiger partial charge in [0.25, 0.3) is 0 Å². The predicted molar refractivity (Wildman–Crippen MR) is 76.1 cm³/mol. The van der Waals surface area contributed by atoms with Crippen LogP contribution in [0, 0.1) is 0 Å². The summed E-state index contributed by atoms with van der Waals surface area (Å²) in [4.78, 5) is 3.94. The van der Waals surface area contributed by atoms with Crippen molar-refractivity contribution in [2.75, 3.05) is 11.1 Å². The normalized spacial score (nSPS) is 11.4. The highest BCUT2D eigenvalue weighted by Crippen LogP contribution is 2.35. The van der Waals surface area contributed by atoms with Crippen LogP contribution in [-0.4, -0.2) is 4.98 Å². The van der Waals surface area contributed by atoms with Gasteiger partial charge in [-0.2, -0.15) is 13.2 Å². The van der Waals surface area contributed by atoms with E-state index in [0.717, 1.165) is 12.1 Å². The highest BCUT2D eigenvalue weighted by molar-refractivity contribution is 9.10. The predicted octanol–water partition coefficient (Wildman–Crippen LogP) is 4.84. The second-order valence-electron chi connectivity index (χ2n) is 3.92. The lowest BCUT2D eigenvalue weighted by Crippen LogP contribution is -2.06. The Morgan fingerprint density at radius 2 is 1.95 bits per heavy atom. The van der Waals surface area contributed by atoms with Crippen molar-refractivity contribution in [2.45, 2.75) is 6.18 Å². The van der Waals surface area contributed by atoms with Gasteiger partial charge >= 0.3 is 6.18 Å². The first kappa shape index (κ1) is 14.9. The topological polar surface area (TPSA) is 50.9 Å². The standard InChI is InChI=1S/C12H8BrClF3N3/c13-8-2-1-6(12(15,16)17)3-10(8)20-11-9(14)4-7(18)5-19-11/h1-5H,18H2,(H,19,20). The van der Waals surface area contributed by atoms with Crippen molar-refractivity contribution < 1.29 is 13.2 Å². The first-order chi connectivity index (χ1) is 9.27. The van der Waals surface area contributed by atoms with Crippen LogP contribution in [0.1, 0.15) is 5.56 Å². The summed E-state index contributed by atoms with van der Waals surface area (Å²) in [7, 11) is 0. The SMILES string of the molecule is Nc1cnc(Nc2cc(C(F)(F)F)ccc2Br)c(Cl)c1. The van der Waals surface area contributed by atoms with Crippen LogP contribution in [0.4, 0.5) is 30.4 Å². The van der Waals surface area contributed by atoms with Gasteiger partial charge in [-0.05, 0) is 40.2 Å². The molecule has 0 bridgehead atoms. The van der Waals surface area contributed by atoms with E-state index >= 15 is 0 Å². The van der Waals surface area contributed by atoms with Gasteiger partial charge in [0.1, 0.15) is 5.82 Å². The molecule has 0 unspecified atom stereocenters. The van der Waals surface area contributed by atoms with Crippen LogP contribution in [0.25, 0.3) is 0 Å². The fourth-order valence-electron chi connectivity index (χ4n) is 1.47. The summed E-state index contributed by atoms with van der Waals surface area (Å²) in [6.45, 7) is 0. The molecule has 1 heterocycles. The zero-order valence-corrected chi connectivity index (χ0v) is 12.1. The molecule has 0 aliphatic rings. The van der Waals surface area contributed by atoms with Gasteiger partial charge in [-0.1, -0.05) is 11.6 Å². The van der Waals surface area contributed by atoms with Crippen molar-refractivity contribution in [3.05, 3.63) is 45.5 Å². The lowest BCUT2D eigenvalue weighted by Gasteiger charge is -2.13. The third-order valence-electron chi connectivity index (χ3n) is 2.41. The molecule has 0 aliphatic carbocycles. The summed E-state index contributed by atoms with van der Waals surface area (Å²) >= 11 is 9.09. The Hall–Kier alpha value is -1.47. The molecule has 0 radical (unpaired) electrons. The third-order valence-corrected chi connectivity index (χ3v) is 3.39. The van der Waals surface area contributed by atoms with Crippen molar-refractivity contribution in [1.29, 1.82) is 0 Å². The molecule has 20 heavy (non-hydrogen) atoms. The average molecular weight is 367 g/mol. The Morgan fingerprint density at radius 3 is 2.55 bits per heavy atom. The number of nitrogens with one attached hydrogen (secondary N) is 1. The number of hydrogen-bond donors (Lipinski definition) is 2. The average Bonchev–Trinajstić information content (AvgIpc) is 2.33. The largest absolute Gasteiger partial charge is 0.416 e. The number of nitrogen functional groups attached to an aromatic ring is 1. The molecule has 0 amide bonds. The Bertz CT molecular complexity index is 646. The smallest absolute Gasteiger partial charge is 0.397 e. The van der Waals surface area contributed by atoms with Crippen molar-refractivity contribution >= 4 is 44.7 Å². The van der Waals surface area contributed by atoms with Gasteiger partial charge in [-0.3, -0.25) is 0 Å². The van der Waals surface area contributed by atoms with Crippen LogP contribution < -0.4 is 11.1 Å². The number of nitrogens with two attached hydrogens (primary N) is 1. The van der Waals surface area contributed by atoms with E-state index in [2.05, 4.69) is 26.2 Å². The fraction of sp³-hybridized carbons (Fsp3) is 0.0833. The molecule has 0 atom stereocenters. The lowest BCUT2D eigenvalue weighted by atomic mass is 10.2. The molecule has 0 saturated carbocycles. The summed E-state index contributed by atoms with van der Waals surface area (Å²) in [5.74, 6) is 0.223. The van der Waals surface area contributed by atoms with Crippen LogP contribution in [-0.2, 0) is 6.18 Å². The molecular weight excluding hydrogens is 359 g/mol. The Kier molecular flexibility index (Phi) is 4.10. The van der Waals surface area contributed by atoms with Crippen LogP contribution >= 0.6 is 27.5 Å². The highest BCUT2D eigenvalue weighted by Gasteiger charge is 2.31. The summed E-state index contributed by atoms with van der Waals surface area (Å²) in [6, 6.07) is 4.71. The number of alkyl halides is 3. The van der Waals surface area contributed by atoms with E-state index in [0.29, 0.717) is 10.2 Å². The van der Waals surface area contributed by atoms with Gasteiger partial charge in [0.05, 0.1) is 28.2 Å². The monoisotopic (exact) mass is 365 g/mol. The molecule has 0 fully saturated rings. The molecule has 0 spiro atoms. The van der Waals surface area contributed by atoms with E-state index in [1.165, 1.54) is 18.3 Å². The zero-order chi connectivity index (χ0) is 14.9. The molecule has 2 rings (SSSR count). The van der Waals surface area contributed by atoms with E-state index in [1.54, 1.807) is 0 Å². The number of pyridine rings is 1. The van der Waals surface area contributed by atoms with E-state index in [9.17, 15) is 13.2 Å². The Morgan fingerprint density at radius 1 is 1.25 bits per heavy atom. The molecule has 8 heteroatoms. The number of anilines is 3. The molecule has 0 saturated heterocycles. The molecule has 1 aromatic heterocycles. The van der Waals surface area contributed by atoms with Gasteiger partial charge in [0.2, 0.25) is 0 Å². The van der Waals surface area contributed by atoms with Crippen LogP contribution in [0.2, 0.25) is 5.02 Å². The van der Waals surface area contributed by atoms with Gasteiger partial charge in [-0.15, -0.1) is 0 Å². The Labute approximate surface area is 126 Å². The first-order valence-electron chi connectivity index (χ1n) is 5.32. The van der Waals surface area contributed by atoms with Crippen molar-refractivity contribution in [3.63, 3.8) is 0 Å². The van der Waals surface area contributed by atoms with Crippen molar-refractivity contribution in [3.8, 4) is 0 Å². The number of nitrogens with zero attached hydrogens (tertiary/aromatic N) is 1. The maximum atomic E-state index is 12.7. The van der Waals surface area contributed by atoms with E-state index in [-0.39, 0.29) is 16.5 Å². The van der Waals surface area contributed by atoms with E-state index in [1.807, 2.05) is 0 Å². The number of hydrogen-bond acceptors (Lipinski definition) is 3. The zero-order valence-electron chi connectivity index (χ0n) is 9.80. The molecule has 2 aromatic rings. The summed E-state index contributed by atoms with van der Waals surface area (Å²) in [6.07, 6.45) is -3.06. The van der Waals surface area contributed by atoms with E-state index in [4.69, 9.17) is 17.3 Å². The summed E-state index contributed by atoms with van der Waals surface area (Å²) in [5, 5.41) is 2.95. The fourth-order valence-corrected chi connectivity index (χ4v) is 2.04. The second kappa shape index (κ2) is 5.49. The summed E-state index contributed by atoms with van der Waals surface area (Å²) < 4.78 is 38.5. The minimum absolute atomic E-state index is 0.207. The number of aromatic nitrogens is 1. The maximum absolute atomic E-state index is 12.7. The van der Waals surface area contributed by atoms with Crippen LogP contribution in [0.5, 0.6) is 0 Å². The molecule has 1 aromatic carbocycles. The molecule has 0 aliphatic heterocycles. The third kappa shape index (κ3) is 3.34. The minimum atomic E-state index is -4.42. The quantitative estimate of drug-likeness (QED) is 0.799. The van der Waals surface area contributed by atoms with Crippen molar-refractivity contribution in [1.82, 2.24) is 4.98 Å². The van der Waals surface area contributed by atoms with Crippen molar-refractivity contribution in [2.24, 2.45) is 0 Å². The summed E-state index contributed by atoms with van der Waals surface area (Å²) in [5.41, 5.74) is 5.30. The second-order valence-corrected chi connectivity index (χ2v) is 5.18. The minimum Gasteiger partial charge on any atom is -0.397 e. The number of halogens is 5. The number of rotatable bonds is 2. The van der Waals surface area contributed by atoms with Gasteiger partial charge < -0.3 is 11.1 Å². The molecular formula is C12H8BrClF3N3. The van der Waals surface area contributed by atoms with Gasteiger partial charge in [0.15, 0.2) is 0 Å². The molecule has 106 valence electrons. The first-order valence-corrected chi connectivity index (χ1v) is 6.49. The molecule has 3 N–H and O–H groups in total. The van der Waals surface area contributed by atoms with Crippen LogP contribution in [0.3, 0.4) is 0 Å². The Balaban J connectivity index is 2.38. The van der Waals surface area contributed by atoms with Gasteiger partial charge in [0, 0.05) is 4.47 Å². The lowest BCUT2D eigenvalue weighted by molar-refractivity contribution is -0.137. The van der Waals surface area contributed by atoms with Gasteiger partial charge in [-0.25, -0.2) is 4.98 Å². The van der Waals surface area contributed by atoms with Crippen LogP contribution in [0.15, 0.2) is 34.9 Å². The highest BCUT2D eigenvalue weighted by atomic mass is 79.9.